The molecule has 0 saturated carbocycles. The summed E-state index contributed by atoms with van der Waals surface area (Å²) >= 11 is 0. The number of hydrogen-bond acceptors (Lipinski definition) is 4. The number of rotatable bonds is 7. The van der Waals surface area contributed by atoms with E-state index in [-0.39, 0.29) is 23.0 Å². The Morgan fingerprint density at radius 2 is 1.56 bits per heavy atom. The number of carbonyl (C=O) groups excluding carboxylic acids is 1. The quantitative estimate of drug-likeness (QED) is 0.588. The topological polar surface area (TPSA) is 66.5 Å². The molecule has 166 valence electrons. The van der Waals surface area contributed by atoms with Crippen molar-refractivity contribution in [2.24, 2.45) is 0 Å². The van der Waals surface area contributed by atoms with Crippen molar-refractivity contribution in [1.82, 2.24) is 4.90 Å². The molecule has 1 heterocycles. The second-order valence-electron chi connectivity index (χ2n) is 8.20. The van der Waals surface area contributed by atoms with Crippen LogP contribution in [0.2, 0.25) is 0 Å². The van der Waals surface area contributed by atoms with Crippen LogP contribution >= 0.6 is 0 Å². The summed E-state index contributed by atoms with van der Waals surface area (Å²) in [5.74, 6) is -0.0649. The van der Waals surface area contributed by atoms with Crippen molar-refractivity contribution in [1.29, 1.82) is 0 Å². The molecule has 0 spiro atoms. The first-order chi connectivity index (χ1) is 15.4. The Bertz CT molecular complexity index is 1190. The van der Waals surface area contributed by atoms with Gasteiger partial charge < -0.3 is 5.32 Å². The fourth-order valence-electron chi connectivity index (χ4n) is 4.01. The molecule has 3 aromatic rings. The zero-order valence-electron chi connectivity index (χ0n) is 18.3. The molecule has 4 rings (SSSR count). The molecule has 5 nitrogen and oxygen atoms in total. The Morgan fingerprint density at radius 3 is 2.25 bits per heavy atom. The van der Waals surface area contributed by atoms with E-state index in [1.807, 2.05) is 12.1 Å². The normalized spacial score (nSPS) is 14.0. The summed E-state index contributed by atoms with van der Waals surface area (Å²) in [4.78, 5) is 15.1. The molecule has 32 heavy (non-hydrogen) atoms. The lowest BCUT2D eigenvalue weighted by Gasteiger charge is -2.28. The summed E-state index contributed by atoms with van der Waals surface area (Å²) in [6.45, 7) is 4.52. The number of fused-ring (bicyclic) bond motifs is 1. The lowest BCUT2D eigenvalue weighted by atomic mass is 9.99. The lowest BCUT2D eigenvalue weighted by molar-refractivity contribution is -0.115. The minimum absolute atomic E-state index is 0.0634. The highest BCUT2D eigenvalue weighted by Crippen LogP contribution is 2.21. The van der Waals surface area contributed by atoms with Gasteiger partial charge in [0.25, 0.3) is 0 Å². The van der Waals surface area contributed by atoms with E-state index in [4.69, 9.17) is 0 Å². The van der Waals surface area contributed by atoms with E-state index in [9.17, 15) is 13.2 Å². The molecule has 0 atom stereocenters. The van der Waals surface area contributed by atoms with Crippen LogP contribution in [-0.4, -0.2) is 31.5 Å². The van der Waals surface area contributed by atoms with Gasteiger partial charge in [-0.2, -0.15) is 0 Å². The summed E-state index contributed by atoms with van der Waals surface area (Å²) in [5, 5.41) is 2.92. The number of carbonyl (C=O) groups is 1. The Hall–Kier alpha value is -2.96. The average molecular weight is 449 g/mol. The van der Waals surface area contributed by atoms with Crippen LogP contribution in [-0.2, 0) is 40.6 Å². The monoisotopic (exact) mass is 448 g/mol. The third kappa shape index (κ3) is 5.44. The van der Waals surface area contributed by atoms with Crippen molar-refractivity contribution >= 4 is 21.4 Å². The largest absolute Gasteiger partial charge is 0.326 e. The van der Waals surface area contributed by atoms with Gasteiger partial charge in [0.1, 0.15) is 0 Å². The third-order valence-electron chi connectivity index (χ3n) is 5.88. The second kappa shape index (κ2) is 9.67. The Kier molecular flexibility index (Phi) is 6.72. The van der Waals surface area contributed by atoms with Crippen molar-refractivity contribution in [3.63, 3.8) is 0 Å². The van der Waals surface area contributed by atoms with Crippen molar-refractivity contribution in [2.45, 2.75) is 37.8 Å². The number of amides is 1. The van der Waals surface area contributed by atoms with Gasteiger partial charge in [-0.1, -0.05) is 55.5 Å². The number of hydrogen-bond donors (Lipinski definition) is 1. The summed E-state index contributed by atoms with van der Waals surface area (Å²) in [6.07, 6.45) is 1.27. The third-order valence-corrected chi connectivity index (χ3v) is 7.63. The van der Waals surface area contributed by atoms with Gasteiger partial charge in [0, 0.05) is 25.3 Å². The first kappa shape index (κ1) is 22.2. The summed E-state index contributed by atoms with van der Waals surface area (Å²) in [5.41, 5.74) is 5.61. The lowest BCUT2D eigenvalue weighted by Crippen LogP contribution is -2.29. The molecule has 1 aliphatic heterocycles. The summed E-state index contributed by atoms with van der Waals surface area (Å²) in [7, 11) is -3.23. The van der Waals surface area contributed by atoms with Crippen LogP contribution in [0.3, 0.4) is 0 Å². The molecule has 6 heteroatoms. The number of nitrogens with one attached hydrogen (secondary N) is 1. The molecule has 0 unspecified atom stereocenters. The molecule has 0 fully saturated rings. The van der Waals surface area contributed by atoms with Crippen LogP contribution in [0.5, 0.6) is 0 Å². The van der Waals surface area contributed by atoms with Gasteiger partial charge >= 0.3 is 0 Å². The molecule has 0 saturated heterocycles. The molecule has 0 aromatic heterocycles. The van der Waals surface area contributed by atoms with Crippen molar-refractivity contribution in [3.05, 3.63) is 95.1 Å². The zero-order chi connectivity index (χ0) is 22.6. The fourth-order valence-corrected chi connectivity index (χ4v) is 4.90. The minimum atomic E-state index is -3.23. The van der Waals surface area contributed by atoms with Gasteiger partial charge in [0.15, 0.2) is 9.84 Å². The fraction of sp³-hybridized carbons (Fsp3) is 0.269. The van der Waals surface area contributed by atoms with E-state index in [1.54, 1.807) is 31.2 Å². The number of anilines is 1. The Morgan fingerprint density at radius 1 is 0.906 bits per heavy atom. The zero-order valence-corrected chi connectivity index (χ0v) is 19.1. The maximum Gasteiger partial charge on any atom is 0.228 e. The van der Waals surface area contributed by atoms with Crippen LogP contribution in [0.4, 0.5) is 5.69 Å². The van der Waals surface area contributed by atoms with Crippen molar-refractivity contribution in [3.8, 4) is 0 Å². The minimum Gasteiger partial charge on any atom is -0.326 e. The number of sulfone groups is 1. The smallest absolute Gasteiger partial charge is 0.228 e. The van der Waals surface area contributed by atoms with Crippen LogP contribution in [0.15, 0.2) is 77.7 Å². The van der Waals surface area contributed by atoms with Crippen LogP contribution in [0.1, 0.15) is 29.2 Å². The molecular weight excluding hydrogens is 420 g/mol. The predicted octanol–water partition coefficient (Wildman–Crippen LogP) is 4.22. The van der Waals surface area contributed by atoms with Gasteiger partial charge in [-0.3, -0.25) is 9.69 Å². The van der Waals surface area contributed by atoms with E-state index in [1.165, 1.54) is 16.7 Å². The number of benzene rings is 3. The van der Waals surface area contributed by atoms with Gasteiger partial charge in [0.2, 0.25) is 5.91 Å². The predicted molar refractivity (Wildman–Crippen MR) is 127 cm³/mol. The molecular formula is C26H28N2O3S. The highest BCUT2D eigenvalue weighted by atomic mass is 32.2. The van der Waals surface area contributed by atoms with Gasteiger partial charge in [-0.05, 0) is 52.9 Å². The first-order valence-corrected chi connectivity index (χ1v) is 12.6. The van der Waals surface area contributed by atoms with Gasteiger partial charge in [-0.25, -0.2) is 8.42 Å². The highest BCUT2D eigenvalue weighted by molar-refractivity contribution is 7.91. The standard InChI is InChI=1S/C26H28N2O3S/c1-2-32(30,31)25-13-9-20(10-14-25)17-26(29)27-24-11-7-21(8-12-24)18-28-16-15-22-5-3-4-6-23(22)19-28/h3-14H,2,15-19H2,1H3,(H,27,29). The van der Waals surface area contributed by atoms with Crippen molar-refractivity contribution < 1.29 is 13.2 Å². The van der Waals surface area contributed by atoms with Gasteiger partial charge in [0.05, 0.1) is 17.1 Å². The van der Waals surface area contributed by atoms with E-state index in [0.29, 0.717) is 0 Å². The van der Waals surface area contributed by atoms with E-state index < -0.39 is 9.84 Å². The summed E-state index contributed by atoms with van der Waals surface area (Å²) in [6, 6.07) is 23.1. The average Bonchev–Trinajstić information content (AvgIpc) is 2.80. The molecule has 0 aliphatic carbocycles. The van der Waals surface area contributed by atoms with E-state index in [0.717, 1.165) is 37.3 Å². The highest BCUT2D eigenvalue weighted by Gasteiger charge is 2.16. The van der Waals surface area contributed by atoms with E-state index >= 15 is 0 Å². The molecule has 3 aromatic carbocycles. The first-order valence-electron chi connectivity index (χ1n) is 10.9. The molecule has 1 amide bonds. The SMILES string of the molecule is CCS(=O)(=O)c1ccc(CC(=O)Nc2ccc(CN3CCc4ccccc4C3)cc2)cc1. The van der Waals surface area contributed by atoms with E-state index in [2.05, 4.69) is 46.6 Å². The van der Waals surface area contributed by atoms with Gasteiger partial charge in [-0.15, -0.1) is 0 Å². The summed E-state index contributed by atoms with van der Waals surface area (Å²) < 4.78 is 23.8. The molecule has 0 radical (unpaired) electrons. The van der Waals surface area contributed by atoms with Crippen LogP contribution in [0.25, 0.3) is 0 Å². The van der Waals surface area contributed by atoms with Crippen LogP contribution in [0, 0.1) is 0 Å². The molecule has 1 N–H and O–H groups in total. The maximum absolute atomic E-state index is 12.4. The maximum atomic E-state index is 12.4. The van der Waals surface area contributed by atoms with Crippen molar-refractivity contribution in [2.75, 3.05) is 17.6 Å². The molecule has 1 aliphatic rings. The Labute approximate surface area is 190 Å². The molecule has 0 bridgehead atoms. The Balaban J connectivity index is 1.30. The second-order valence-corrected chi connectivity index (χ2v) is 10.5. The number of nitrogens with zero attached hydrogens (tertiary/aromatic N) is 1. The van der Waals surface area contributed by atoms with Crippen LogP contribution < -0.4 is 5.32 Å².